The Kier molecular flexibility index (Phi) is 3.49. The van der Waals surface area contributed by atoms with E-state index in [0.717, 1.165) is 18.2 Å². The number of nitrogens with zero attached hydrogens (tertiary/aromatic N) is 1. The van der Waals surface area contributed by atoms with E-state index in [9.17, 15) is 17.6 Å². The van der Waals surface area contributed by atoms with E-state index < -0.39 is 17.6 Å². The smallest absolute Gasteiger partial charge is 0.235 e. The van der Waals surface area contributed by atoms with Gasteiger partial charge in [-0.25, -0.2) is 9.37 Å². The largest absolute Gasteiger partial charge is 0.418 e. The highest BCUT2D eigenvalue weighted by molar-refractivity contribution is 6.29. The highest BCUT2D eigenvalue weighted by atomic mass is 35.5. The van der Waals surface area contributed by atoms with Crippen LogP contribution < -0.4 is 0 Å². The molecule has 1 heterocycles. The first kappa shape index (κ1) is 13.8. The molecular weight excluding hydrogens is 282 g/mol. The van der Waals surface area contributed by atoms with Crippen LogP contribution in [-0.4, -0.2) is 4.98 Å². The summed E-state index contributed by atoms with van der Waals surface area (Å²) in [6, 6.07) is 5.49. The summed E-state index contributed by atoms with van der Waals surface area (Å²) in [5.41, 5.74) is -0.737. The number of pyridine rings is 1. The Morgan fingerprint density at radius 3 is 2.42 bits per heavy atom. The number of halogens is 5. The van der Waals surface area contributed by atoms with Crippen molar-refractivity contribution in [1.29, 1.82) is 0 Å². The van der Waals surface area contributed by atoms with Crippen molar-refractivity contribution in [3.8, 4) is 11.3 Å². The van der Waals surface area contributed by atoms with Crippen molar-refractivity contribution < 1.29 is 17.6 Å². The first-order valence-corrected chi connectivity index (χ1v) is 5.67. The molecule has 100 valence electrons. The van der Waals surface area contributed by atoms with Gasteiger partial charge in [0.15, 0.2) is 0 Å². The molecule has 0 saturated heterocycles. The predicted octanol–water partition coefficient (Wildman–Crippen LogP) is 4.87. The summed E-state index contributed by atoms with van der Waals surface area (Å²) in [7, 11) is 0. The summed E-state index contributed by atoms with van der Waals surface area (Å²) in [4.78, 5) is 3.69. The zero-order valence-electron chi connectivity index (χ0n) is 9.72. The van der Waals surface area contributed by atoms with Gasteiger partial charge in [0, 0.05) is 5.56 Å². The second-order valence-electron chi connectivity index (χ2n) is 3.99. The highest BCUT2D eigenvalue weighted by Crippen LogP contribution is 2.37. The Labute approximate surface area is 111 Å². The molecule has 1 aromatic carbocycles. The van der Waals surface area contributed by atoms with Crippen LogP contribution in [0.2, 0.25) is 5.15 Å². The minimum Gasteiger partial charge on any atom is -0.235 e. The third-order valence-corrected chi connectivity index (χ3v) is 2.83. The summed E-state index contributed by atoms with van der Waals surface area (Å²) in [5.74, 6) is -0.629. The van der Waals surface area contributed by atoms with Gasteiger partial charge in [0.25, 0.3) is 0 Å². The van der Waals surface area contributed by atoms with Crippen molar-refractivity contribution in [2.75, 3.05) is 0 Å². The molecule has 19 heavy (non-hydrogen) atoms. The van der Waals surface area contributed by atoms with Gasteiger partial charge >= 0.3 is 6.18 Å². The topological polar surface area (TPSA) is 12.9 Å². The van der Waals surface area contributed by atoms with Gasteiger partial charge in [-0.15, -0.1) is 0 Å². The number of aryl methyl sites for hydroxylation is 1. The van der Waals surface area contributed by atoms with Gasteiger partial charge in [-0.1, -0.05) is 17.7 Å². The number of rotatable bonds is 1. The molecule has 0 aliphatic heterocycles. The summed E-state index contributed by atoms with van der Waals surface area (Å²) in [5, 5.41) is -0.0772. The third kappa shape index (κ3) is 2.87. The normalized spacial score (nSPS) is 11.7. The number of hydrogen-bond donors (Lipinski definition) is 0. The molecule has 0 saturated carbocycles. The van der Waals surface area contributed by atoms with Crippen LogP contribution in [0.5, 0.6) is 0 Å². The summed E-state index contributed by atoms with van der Waals surface area (Å²) < 4.78 is 52.0. The molecule has 0 aliphatic carbocycles. The van der Waals surface area contributed by atoms with Crippen molar-refractivity contribution in [3.63, 3.8) is 0 Å². The molecule has 2 rings (SSSR count). The minimum atomic E-state index is -4.58. The van der Waals surface area contributed by atoms with Crippen molar-refractivity contribution in [2.45, 2.75) is 13.1 Å². The van der Waals surface area contributed by atoms with Crippen LogP contribution in [-0.2, 0) is 6.18 Å². The van der Waals surface area contributed by atoms with Gasteiger partial charge in [-0.2, -0.15) is 13.2 Å². The average molecular weight is 290 g/mol. The van der Waals surface area contributed by atoms with Crippen LogP contribution in [0.15, 0.2) is 30.3 Å². The molecule has 0 unspecified atom stereocenters. The zero-order chi connectivity index (χ0) is 14.2. The fourth-order valence-corrected chi connectivity index (χ4v) is 1.87. The van der Waals surface area contributed by atoms with E-state index in [1.165, 1.54) is 12.1 Å². The monoisotopic (exact) mass is 289 g/mol. The van der Waals surface area contributed by atoms with E-state index in [4.69, 9.17) is 11.6 Å². The number of alkyl halides is 3. The van der Waals surface area contributed by atoms with E-state index in [1.54, 1.807) is 6.92 Å². The molecule has 6 heteroatoms. The van der Waals surface area contributed by atoms with Gasteiger partial charge in [0.1, 0.15) is 11.0 Å². The van der Waals surface area contributed by atoms with Gasteiger partial charge < -0.3 is 0 Å². The van der Waals surface area contributed by atoms with Crippen molar-refractivity contribution in [1.82, 2.24) is 4.98 Å². The second kappa shape index (κ2) is 4.81. The molecule has 0 radical (unpaired) electrons. The average Bonchev–Trinajstić information content (AvgIpc) is 2.30. The first-order chi connectivity index (χ1) is 8.79. The van der Waals surface area contributed by atoms with Crippen LogP contribution in [0.25, 0.3) is 11.3 Å². The van der Waals surface area contributed by atoms with E-state index in [2.05, 4.69) is 4.98 Å². The zero-order valence-corrected chi connectivity index (χ0v) is 10.5. The molecule has 1 nitrogen and oxygen atoms in total. The molecule has 0 N–H and O–H groups in total. The molecule has 0 fully saturated rings. The molecule has 0 atom stereocenters. The molecular formula is C13H8ClF4N. The third-order valence-electron chi connectivity index (χ3n) is 2.62. The van der Waals surface area contributed by atoms with E-state index in [-0.39, 0.29) is 16.4 Å². The summed E-state index contributed by atoms with van der Waals surface area (Å²) in [6.07, 6.45) is -4.58. The lowest BCUT2D eigenvalue weighted by atomic mass is 10.0. The lowest BCUT2D eigenvalue weighted by Gasteiger charge is -2.14. The van der Waals surface area contributed by atoms with E-state index in [1.807, 2.05) is 0 Å². The SMILES string of the molecule is Cc1ccc(F)cc1-c1nc(Cl)ccc1C(F)(F)F. The van der Waals surface area contributed by atoms with Crippen LogP contribution in [0.3, 0.4) is 0 Å². The summed E-state index contributed by atoms with van der Waals surface area (Å²) in [6.45, 7) is 1.58. The molecule has 0 bridgehead atoms. The Bertz CT molecular complexity index is 623. The fraction of sp³-hybridized carbons (Fsp3) is 0.154. The summed E-state index contributed by atoms with van der Waals surface area (Å²) >= 11 is 5.64. The van der Waals surface area contributed by atoms with E-state index in [0.29, 0.717) is 5.56 Å². The number of hydrogen-bond acceptors (Lipinski definition) is 1. The molecule has 1 aromatic heterocycles. The quantitative estimate of drug-likeness (QED) is 0.539. The Morgan fingerprint density at radius 2 is 1.79 bits per heavy atom. The molecule has 0 amide bonds. The van der Waals surface area contributed by atoms with E-state index >= 15 is 0 Å². The number of benzene rings is 1. The maximum Gasteiger partial charge on any atom is 0.418 e. The van der Waals surface area contributed by atoms with Gasteiger partial charge in [-0.05, 0) is 36.8 Å². The van der Waals surface area contributed by atoms with Crippen LogP contribution in [0.1, 0.15) is 11.1 Å². The molecule has 0 aliphatic rings. The van der Waals surface area contributed by atoms with Crippen LogP contribution in [0, 0.1) is 12.7 Å². The number of aromatic nitrogens is 1. The highest BCUT2D eigenvalue weighted by Gasteiger charge is 2.35. The Hall–Kier alpha value is -1.62. The molecule has 2 aromatic rings. The lowest BCUT2D eigenvalue weighted by Crippen LogP contribution is -2.09. The lowest BCUT2D eigenvalue weighted by molar-refractivity contribution is -0.137. The minimum absolute atomic E-state index is 0.0772. The van der Waals surface area contributed by atoms with Crippen molar-refractivity contribution in [3.05, 3.63) is 52.4 Å². The fourth-order valence-electron chi connectivity index (χ4n) is 1.72. The maximum absolute atomic E-state index is 13.2. The van der Waals surface area contributed by atoms with Crippen LogP contribution >= 0.6 is 11.6 Å². The Balaban J connectivity index is 2.73. The standard InChI is InChI=1S/C13H8ClF4N/c1-7-2-3-8(15)6-9(7)12-10(13(16,17)18)4-5-11(14)19-12/h2-6H,1H3. The second-order valence-corrected chi connectivity index (χ2v) is 4.37. The maximum atomic E-state index is 13.2. The van der Waals surface area contributed by atoms with Crippen molar-refractivity contribution >= 4 is 11.6 Å². The first-order valence-electron chi connectivity index (χ1n) is 5.29. The van der Waals surface area contributed by atoms with Crippen molar-refractivity contribution in [2.24, 2.45) is 0 Å². The Morgan fingerprint density at radius 1 is 1.11 bits per heavy atom. The van der Waals surface area contributed by atoms with Gasteiger partial charge in [0.05, 0.1) is 11.3 Å². The van der Waals surface area contributed by atoms with Crippen LogP contribution in [0.4, 0.5) is 17.6 Å². The predicted molar refractivity (Wildman–Crippen MR) is 64.4 cm³/mol. The van der Waals surface area contributed by atoms with Gasteiger partial charge in [-0.3, -0.25) is 0 Å². The molecule has 0 spiro atoms. The van der Waals surface area contributed by atoms with Gasteiger partial charge in [0.2, 0.25) is 0 Å².